The summed E-state index contributed by atoms with van der Waals surface area (Å²) in [6.45, 7) is 2.50. The van der Waals surface area contributed by atoms with Gasteiger partial charge in [-0.25, -0.2) is 0 Å². The van der Waals surface area contributed by atoms with Crippen molar-refractivity contribution in [1.82, 2.24) is 9.05 Å². The van der Waals surface area contributed by atoms with E-state index < -0.39 is 0 Å². The first kappa shape index (κ1) is 30.8. The van der Waals surface area contributed by atoms with Crippen LogP contribution in [0.3, 0.4) is 0 Å². The normalized spacial score (nSPS) is 32.3. The number of nitrogens with zero attached hydrogens (tertiary/aromatic N) is 2. The van der Waals surface area contributed by atoms with E-state index in [1.54, 1.807) is 16.5 Å². The Morgan fingerprint density at radius 3 is 1.93 bits per heavy atom. The highest BCUT2D eigenvalue weighted by Crippen LogP contribution is 2.63. The molecule has 8 aliphatic carbocycles. The van der Waals surface area contributed by atoms with E-state index in [2.05, 4.69) is 101 Å². The van der Waals surface area contributed by atoms with Gasteiger partial charge in [0, 0.05) is 48.5 Å². The molecule has 0 amide bonds. The van der Waals surface area contributed by atoms with Gasteiger partial charge >= 0.3 is 6.85 Å². The minimum Gasteiger partial charge on any atom is -0.375 e. The van der Waals surface area contributed by atoms with Crippen LogP contribution >= 0.6 is 11.3 Å². The van der Waals surface area contributed by atoms with E-state index in [1.807, 2.05) is 11.3 Å². The molecule has 5 heterocycles. The first-order valence-corrected chi connectivity index (χ1v) is 23.5. The molecule has 0 radical (unpaired) electrons. The number of rotatable bonds is 2. The summed E-state index contributed by atoms with van der Waals surface area (Å²) < 4.78 is 8.40. The summed E-state index contributed by atoms with van der Waals surface area (Å²) >= 11 is 1.98. The molecule has 0 spiro atoms. The molecule has 2 aliphatic heterocycles. The Morgan fingerprint density at radius 2 is 1.21 bits per heavy atom. The third-order valence-electron chi connectivity index (χ3n) is 18.2. The van der Waals surface area contributed by atoms with Gasteiger partial charge in [-0.2, -0.15) is 0 Å². The fraction of sp³-hybridized carbons (Fsp3) is 0.396. The fourth-order valence-corrected chi connectivity index (χ4v) is 18.3. The molecule has 3 aromatic heterocycles. The average Bonchev–Trinajstić information content (AvgIpc) is 3.85. The van der Waals surface area contributed by atoms with Gasteiger partial charge in [0.15, 0.2) is 0 Å². The lowest BCUT2D eigenvalue weighted by molar-refractivity contribution is -0.00527. The van der Waals surface area contributed by atoms with Gasteiger partial charge in [-0.15, -0.1) is 11.3 Å². The van der Waals surface area contributed by atoms with Crippen LogP contribution in [0, 0.1) is 42.4 Å². The van der Waals surface area contributed by atoms with E-state index in [4.69, 9.17) is 0 Å². The van der Waals surface area contributed by atoms with Crippen LogP contribution in [0.4, 0.5) is 0 Å². The maximum atomic E-state index is 2.87. The van der Waals surface area contributed by atoms with Crippen molar-refractivity contribution in [3.63, 3.8) is 0 Å². The summed E-state index contributed by atoms with van der Waals surface area (Å²) in [5.74, 6) is 5.64. The van der Waals surface area contributed by atoms with Gasteiger partial charge in [0.1, 0.15) is 0 Å². The zero-order valence-electron chi connectivity index (χ0n) is 32.9. The zero-order chi connectivity index (χ0) is 36.7. The first-order valence-electron chi connectivity index (χ1n) is 22.7. The molecular formula is C53H47BN2S. The van der Waals surface area contributed by atoms with Crippen LogP contribution in [-0.2, 0) is 10.8 Å². The average molecular weight is 755 g/mol. The minimum absolute atomic E-state index is 0.144. The molecule has 10 aliphatic rings. The van der Waals surface area contributed by atoms with E-state index >= 15 is 0 Å². The number of benzene rings is 5. The lowest BCUT2D eigenvalue weighted by atomic mass is 9.45. The number of para-hydroxylation sites is 1. The van der Waals surface area contributed by atoms with Crippen molar-refractivity contribution in [2.75, 3.05) is 0 Å². The Labute approximate surface area is 338 Å². The van der Waals surface area contributed by atoms with Crippen molar-refractivity contribution in [2.45, 2.75) is 94.8 Å². The molecule has 278 valence electrons. The number of fused-ring (bicyclic) bond motifs is 12. The molecule has 18 rings (SSSR count). The molecule has 0 unspecified atom stereocenters. The molecule has 8 bridgehead atoms. The van der Waals surface area contributed by atoms with Gasteiger partial charge < -0.3 is 9.05 Å². The summed E-state index contributed by atoms with van der Waals surface area (Å²) in [4.78, 5) is 0. The number of hydrogen-bond donors (Lipinski definition) is 0. The number of thiophene rings is 1. The van der Waals surface area contributed by atoms with Crippen molar-refractivity contribution >= 4 is 82.1 Å². The molecule has 0 saturated heterocycles. The van der Waals surface area contributed by atoms with E-state index in [-0.39, 0.29) is 6.85 Å². The van der Waals surface area contributed by atoms with Crippen molar-refractivity contribution in [2.24, 2.45) is 35.5 Å². The number of aromatic nitrogens is 2. The van der Waals surface area contributed by atoms with Crippen LogP contribution in [0.5, 0.6) is 0 Å². The van der Waals surface area contributed by atoms with Crippen LogP contribution in [0.2, 0.25) is 0 Å². The lowest BCUT2D eigenvalue weighted by Crippen LogP contribution is -2.55. The SMILES string of the molecule is Cc1cc2c3c(c1)-n1c4c(cccc4c4sc5ccccc5c41)B3n1c3ccc(C45CC6CC(CC(C6)C4)C5)cc3c3cc(C45CC6CC(CC(C6)C4)C5)cc-2c31. The van der Waals surface area contributed by atoms with Crippen LogP contribution in [0.25, 0.3) is 69.8 Å². The predicted molar refractivity (Wildman–Crippen MR) is 239 cm³/mol. The van der Waals surface area contributed by atoms with Gasteiger partial charge in [-0.05, 0) is 200 Å². The van der Waals surface area contributed by atoms with Gasteiger partial charge in [0.2, 0.25) is 0 Å². The van der Waals surface area contributed by atoms with Crippen LogP contribution < -0.4 is 10.9 Å². The van der Waals surface area contributed by atoms with Crippen molar-refractivity contribution in [1.29, 1.82) is 0 Å². The number of aryl methyl sites for hydroxylation is 1. The lowest BCUT2D eigenvalue weighted by Gasteiger charge is -2.57. The first-order chi connectivity index (χ1) is 28.0. The number of hydrogen-bond acceptors (Lipinski definition) is 1. The van der Waals surface area contributed by atoms with E-state index in [1.165, 1.54) is 158 Å². The molecule has 0 atom stereocenters. The maximum Gasteiger partial charge on any atom is 0.333 e. The van der Waals surface area contributed by atoms with Crippen LogP contribution in [0.1, 0.15) is 93.7 Å². The van der Waals surface area contributed by atoms with Crippen molar-refractivity contribution in [3.8, 4) is 16.8 Å². The Balaban J connectivity index is 1.03. The summed E-state index contributed by atoms with van der Waals surface area (Å²) in [5, 5.41) is 5.89. The summed E-state index contributed by atoms with van der Waals surface area (Å²) in [7, 11) is 0. The Bertz CT molecular complexity index is 3120. The zero-order valence-corrected chi connectivity index (χ0v) is 33.7. The van der Waals surface area contributed by atoms with Gasteiger partial charge in [-0.3, -0.25) is 0 Å². The Morgan fingerprint density at radius 1 is 0.561 bits per heavy atom. The Hall–Kier alpha value is -4.28. The van der Waals surface area contributed by atoms with Gasteiger partial charge in [0.25, 0.3) is 0 Å². The quantitative estimate of drug-likeness (QED) is 0.156. The van der Waals surface area contributed by atoms with Crippen molar-refractivity contribution < 1.29 is 0 Å². The monoisotopic (exact) mass is 754 g/mol. The van der Waals surface area contributed by atoms with E-state index in [9.17, 15) is 0 Å². The smallest absolute Gasteiger partial charge is 0.333 e. The van der Waals surface area contributed by atoms with Crippen LogP contribution in [-0.4, -0.2) is 15.9 Å². The molecular weight excluding hydrogens is 707 g/mol. The highest BCUT2D eigenvalue weighted by Gasteiger charge is 2.54. The fourth-order valence-electron chi connectivity index (χ4n) is 17.1. The largest absolute Gasteiger partial charge is 0.375 e. The molecule has 4 heteroatoms. The highest BCUT2D eigenvalue weighted by molar-refractivity contribution is 7.26. The minimum atomic E-state index is 0.144. The molecule has 8 aromatic rings. The summed E-state index contributed by atoms with van der Waals surface area (Å²) in [6.07, 6.45) is 17.5. The summed E-state index contributed by atoms with van der Waals surface area (Å²) in [5.41, 5.74) is 18.6. The standard InChI is InChI=1S/C53H47BN2S/c1-28-11-40-42-21-36(53-25-32-16-33(26-53)18-34(17-32)27-53)20-41-39-19-35(52-22-29-13-30(23-52)15-31(14-29)24-52)9-10-44(39)56(48(41)42)54-43-7-4-6-38-49(43)55(45(12-28)47(40)54)50-37-5-2-3-8-46(37)57-51(38)50/h2-12,19-21,29-34H,13-18,22-27H2,1H3. The van der Waals surface area contributed by atoms with E-state index in [0.717, 1.165) is 35.5 Å². The third kappa shape index (κ3) is 3.63. The van der Waals surface area contributed by atoms with Crippen molar-refractivity contribution in [3.05, 3.63) is 102 Å². The van der Waals surface area contributed by atoms with Crippen LogP contribution in [0.15, 0.2) is 84.9 Å². The molecule has 8 saturated carbocycles. The third-order valence-corrected chi connectivity index (χ3v) is 19.4. The molecule has 0 N–H and O–H groups in total. The van der Waals surface area contributed by atoms with Gasteiger partial charge in [0.05, 0.1) is 15.7 Å². The molecule has 2 nitrogen and oxygen atoms in total. The second kappa shape index (κ2) is 9.94. The topological polar surface area (TPSA) is 9.86 Å². The summed E-state index contributed by atoms with van der Waals surface area (Å²) in [6, 6.07) is 35.1. The highest BCUT2D eigenvalue weighted by atomic mass is 32.1. The van der Waals surface area contributed by atoms with E-state index in [0.29, 0.717) is 10.8 Å². The van der Waals surface area contributed by atoms with Gasteiger partial charge in [-0.1, -0.05) is 48.5 Å². The maximum absolute atomic E-state index is 2.87. The second-order valence-corrected chi connectivity index (χ2v) is 22.5. The predicted octanol–water partition coefficient (Wildman–Crippen LogP) is 12.3. The Kier molecular flexibility index (Phi) is 5.36. The molecule has 57 heavy (non-hydrogen) atoms. The molecule has 5 aromatic carbocycles. The molecule has 8 fully saturated rings. The second-order valence-electron chi connectivity index (χ2n) is 21.4.